The number of cyclic esters (lactones) is 1. The molecular formula is C19H20O2. The Labute approximate surface area is 125 Å². The highest BCUT2D eigenvalue weighted by molar-refractivity contribution is 5.87. The molecule has 0 bridgehead atoms. The van der Waals surface area contributed by atoms with Gasteiger partial charge in [-0.15, -0.1) is 0 Å². The van der Waals surface area contributed by atoms with Crippen molar-refractivity contribution in [2.45, 2.75) is 31.6 Å². The predicted molar refractivity (Wildman–Crippen MR) is 83.3 cm³/mol. The minimum Gasteiger partial charge on any atom is -0.464 e. The van der Waals surface area contributed by atoms with E-state index in [1.165, 1.54) is 11.1 Å². The van der Waals surface area contributed by atoms with Gasteiger partial charge in [0.05, 0.1) is 6.61 Å². The first-order chi connectivity index (χ1) is 10.2. The van der Waals surface area contributed by atoms with E-state index < -0.39 is 5.41 Å². The molecule has 2 heteroatoms. The highest BCUT2D eigenvalue weighted by Gasteiger charge is 2.53. The summed E-state index contributed by atoms with van der Waals surface area (Å²) in [6, 6.07) is 18.3. The fourth-order valence-corrected chi connectivity index (χ4v) is 3.55. The Bertz CT molecular complexity index is 648. The van der Waals surface area contributed by atoms with E-state index in [-0.39, 0.29) is 11.9 Å². The number of carbonyl (C=O) groups excluding carboxylic acids is 1. The molecule has 1 heterocycles. The lowest BCUT2D eigenvalue weighted by Gasteiger charge is -2.31. The van der Waals surface area contributed by atoms with E-state index in [1.54, 1.807) is 0 Å². The predicted octanol–water partition coefficient (Wildman–Crippen LogP) is 3.98. The summed E-state index contributed by atoms with van der Waals surface area (Å²) in [5, 5.41) is 0. The monoisotopic (exact) mass is 280 g/mol. The highest BCUT2D eigenvalue weighted by atomic mass is 16.5. The molecule has 1 aliphatic rings. The van der Waals surface area contributed by atoms with Gasteiger partial charge in [0, 0.05) is 5.92 Å². The second kappa shape index (κ2) is 5.36. The fraction of sp³-hybridized carbons (Fsp3) is 0.316. The molecule has 0 saturated carbocycles. The van der Waals surface area contributed by atoms with Crippen LogP contribution in [0.4, 0.5) is 0 Å². The molecule has 0 radical (unpaired) electrons. The zero-order valence-electron chi connectivity index (χ0n) is 12.5. The highest BCUT2D eigenvalue weighted by Crippen LogP contribution is 2.48. The van der Waals surface area contributed by atoms with Crippen LogP contribution in [-0.2, 0) is 14.9 Å². The van der Waals surface area contributed by atoms with E-state index in [0.29, 0.717) is 6.61 Å². The summed E-state index contributed by atoms with van der Waals surface area (Å²) >= 11 is 0. The lowest BCUT2D eigenvalue weighted by atomic mass is 9.67. The minimum absolute atomic E-state index is 0.0820. The topological polar surface area (TPSA) is 26.3 Å². The van der Waals surface area contributed by atoms with E-state index in [1.807, 2.05) is 42.5 Å². The molecule has 1 aliphatic heterocycles. The first-order valence-electron chi connectivity index (χ1n) is 7.48. The average Bonchev–Trinajstić information content (AvgIpc) is 2.86. The van der Waals surface area contributed by atoms with Gasteiger partial charge in [-0.2, -0.15) is 0 Å². The van der Waals surface area contributed by atoms with Gasteiger partial charge < -0.3 is 4.74 Å². The first kappa shape index (κ1) is 13.9. The smallest absolute Gasteiger partial charge is 0.317 e. The molecule has 0 amide bonds. The van der Waals surface area contributed by atoms with Gasteiger partial charge in [0.2, 0.25) is 0 Å². The third-order valence-corrected chi connectivity index (χ3v) is 4.75. The van der Waals surface area contributed by atoms with Crippen LogP contribution in [0.2, 0.25) is 0 Å². The summed E-state index contributed by atoms with van der Waals surface area (Å²) in [5.41, 5.74) is 2.93. The molecule has 2 aromatic carbocycles. The quantitative estimate of drug-likeness (QED) is 0.795. The normalized spacial score (nSPS) is 24.9. The standard InChI is InChI=1S/C19H20O2/c1-3-19(15-10-5-4-6-11-15)17(13-21-18(19)20)16-12-8-7-9-14(16)2/h4-12,17H,3,13H2,1-2H3. The van der Waals surface area contributed by atoms with Crippen LogP contribution in [0.25, 0.3) is 0 Å². The first-order valence-corrected chi connectivity index (χ1v) is 7.48. The van der Waals surface area contributed by atoms with Crippen LogP contribution in [-0.4, -0.2) is 12.6 Å². The van der Waals surface area contributed by atoms with Crippen molar-refractivity contribution < 1.29 is 9.53 Å². The number of carbonyl (C=O) groups is 1. The van der Waals surface area contributed by atoms with Gasteiger partial charge in [-0.3, -0.25) is 4.79 Å². The van der Waals surface area contributed by atoms with Crippen molar-refractivity contribution in [2.24, 2.45) is 0 Å². The maximum Gasteiger partial charge on any atom is 0.317 e. The number of ether oxygens (including phenoxy) is 1. The molecule has 3 rings (SSSR count). The van der Waals surface area contributed by atoms with Gasteiger partial charge in [-0.25, -0.2) is 0 Å². The molecular weight excluding hydrogens is 260 g/mol. The van der Waals surface area contributed by atoms with Crippen molar-refractivity contribution in [3.05, 3.63) is 71.3 Å². The summed E-state index contributed by atoms with van der Waals surface area (Å²) in [5.74, 6) is -0.0111. The molecule has 0 N–H and O–H groups in total. The third-order valence-electron chi connectivity index (χ3n) is 4.75. The van der Waals surface area contributed by atoms with Crippen LogP contribution in [0.1, 0.15) is 36.0 Å². The Hall–Kier alpha value is -2.09. The Morgan fingerprint density at radius 2 is 1.76 bits per heavy atom. The number of hydrogen-bond donors (Lipinski definition) is 0. The van der Waals surface area contributed by atoms with Gasteiger partial charge >= 0.3 is 5.97 Å². The van der Waals surface area contributed by atoms with Crippen LogP contribution in [0.5, 0.6) is 0 Å². The number of esters is 1. The Kier molecular flexibility index (Phi) is 3.54. The number of hydrogen-bond acceptors (Lipinski definition) is 2. The zero-order chi connectivity index (χ0) is 14.9. The summed E-state index contributed by atoms with van der Waals surface area (Å²) in [7, 11) is 0. The molecule has 21 heavy (non-hydrogen) atoms. The fourth-order valence-electron chi connectivity index (χ4n) is 3.55. The molecule has 1 saturated heterocycles. The SMILES string of the molecule is CCC1(c2ccccc2)C(=O)OCC1c1ccccc1C. The van der Waals surface area contributed by atoms with Crippen LogP contribution in [0.15, 0.2) is 54.6 Å². The van der Waals surface area contributed by atoms with Crippen molar-refractivity contribution in [1.29, 1.82) is 0 Å². The van der Waals surface area contributed by atoms with Crippen LogP contribution >= 0.6 is 0 Å². The van der Waals surface area contributed by atoms with Crippen molar-refractivity contribution in [2.75, 3.05) is 6.61 Å². The van der Waals surface area contributed by atoms with E-state index >= 15 is 0 Å². The Morgan fingerprint density at radius 1 is 1.10 bits per heavy atom. The second-order valence-corrected chi connectivity index (χ2v) is 5.70. The maximum atomic E-state index is 12.6. The van der Waals surface area contributed by atoms with E-state index in [4.69, 9.17) is 4.74 Å². The maximum absolute atomic E-state index is 12.6. The van der Waals surface area contributed by atoms with Crippen molar-refractivity contribution in [3.63, 3.8) is 0 Å². The molecule has 2 atom stereocenters. The average molecular weight is 280 g/mol. The summed E-state index contributed by atoms with van der Waals surface area (Å²) in [6.45, 7) is 4.64. The molecule has 0 spiro atoms. The molecule has 1 fully saturated rings. The number of aryl methyl sites for hydroxylation is 1. The van der Waals surface area contributed by atoms with Crippen molar-refractivity contribution >= 4 is 5.97 Å². The summed E-state index contributed by atoms with van der Waals surface area (Å²) < 4.78 is 5.50. The van der Waals surface area contributed by atoms with E-state index in [0.717, 1.165) is 12.0 Å². The Balaban J connectivity index is 2.17. The van der Waals surface area contributed by atoms with Gasteiger partial charge in [0.15, 0.2) is 0 Å². The molecule has 2 aromatic rings. The van der Waals surface area contributed by atoms with Crippen molar-refractivity contribution in [3.8, 4) is 0 Å². The van der Waals surface area contributed by atoms with Crippen LogP contribution < -0.4 is 0 Å². The number of benzene rings is 2. The Morgan fingerprint density at radius 3 is 2.43 bits per heavy atom. The largest absolute Gasteiger partial charge is 0.464 e. The van der Waals surface area contributed by atoms with E-state index in [2.05, 4.69) is 26.0 Å². The second-order valence-electron chi connectivity index (χ2n) is 5.70. The van der Waals surface area contributed by atoms with Gasteiger partial charge in [-0.05, 0) is 30.0 Å². The van der Waals surface area contributed by atoms with Crippen LogP contribution in [0.3, 0.4) is 0 Å². The summed E-state index contributed by atoms with van der Waals surface area (Å²) in [6.07, 6.45) is 0.745. The third kappa shape index (κ3) is 2.06. The zero-order valence-corrected chi connectivity index (χ0v) is 12.5. The molecule has 2 nitrogen and oxygen atoms in total. The molecule has 2 unspecified atom stereocenters. The van der Waals surface area contributed by atoms with Gasteiger partial charge in [0.1, 0.15) is 5.41 Å². The molecule has 108 valence electrons. The molecule has 0 aliphatic carbocycles. The van der Waals surface area contributed by atoms with Crippen molar-refractivity contribution in [1.82, 2.24) is 0 Å². The van der Waals surface area contributed by atoms with Gasteiger partial charge in [0.25, 0.3) is 0 Å². The lowest BCUT2D eigenvalue weighted by molar-refractivity contribution is -0.142. The van der Waals surface area contributed by atoms with Crippen LogP contribution in [0, 0.1) is 6.92 Å². The lowest BCUT2D eigenvalue weighted by Crippen LogP contribution is -2.36. The van der Waals surface area contributed by atoms with Gasteiger partial charge in [-0.1, -0.05) is 61.5 Å². The summed E-state index contributed by atoms with van der Waals surface area (Å²) in [4.78, 5) is 12.6. The number of rotatable bonds is 3. The minimum atomic E-state index is -0.562. The van der Waals surface area contributed by atoms with E-state index in [9.17, 15) is 4.79 Å². The molecule has 0 aromatic heterocycles.